The number of hydrogen-bond acceptors (Lipinski definition) is 4. The molecule has 2 amide bonds. The van der Waals surface area contributed by atoms with Gasteiger partial charge >= 0.3 is 0 Å². The topological polar surface area (TPSA) is 70.7 Å². The molecule has 142 valence electrons. The number of rotatable bonds is 7. The summed E-state index contributed by atoms with van der Waals surface area (Å²) in [4.78, 5) is 25.8. The van der Waals surface area contributed by atoms with Gasteiger partial charge in [-0.25, -0.2) is 0 Å². The fraction of sp³-hybridized carbons (Fsp3) is 0.500. The van der Waals surface area contributed by atoms with Crippen LogP contribution in [0.15, 0.2) is 30.3 Å². The second kappa shape index (κ2) is 10.1. The van der Waals surface area contributed by atoms with Crippen LogP contribution in [0.3, 0.4) is 0 Å². The van der Waals surface area contributed by atoms with Crippen LogP contribution < -0.4 is 10.6 Å². The second-order valence-electron chi connectivity index (χ2n) is 6.70. The van der Waals surface area contributed by atoms with E-state index in [4.69, 9.17) is 4.74 Å². The van der Waals surface area contributed by atoms with E-state index in [1.165, 1.54) is 6.08 Å². The number of amides is 2. The van der Waals surface area contributed by atoms with Crippen LogP contribution in [-0.4, -0.2) is 62.1 Å². The molecule has 1 heterocycles. The van der Waals surface area contributed by atoms with Gasteiger partial charge in [0.1, 0.15) is 0 Å². The van der Waals surface area contributed by atoms with Gasteiger partial charge in [0, 0.05) is 44.9 Å². The predicted octanol–water partition coefficient (Wildman–Crippen LogP) is 1.67. The molecule has 0 aromatic heterocycles. The van der Waals surface area contributed by atoms with Crippen LogP contribution in [0.25, 0.3) is 6.08 Å². The Hall–Kier alpha value is -2.18. The van der Waals surface area contributed by atoms with Crippen molar-refractivity contribution >= 4 is 17.9 Å². The maximum absolute atomic E-state index is 11.9. The summed E-state index contributed by atoms with van der Waals surface area (Å²) < 4.78 is 5.72. The first kappa shape index (κ1) is 20.1. The first-order valence-electron chi connectivity index (χ1n) is 9.14. The molecule has 0 saturated carbocycles. The zero-order valence-electron chi connectivity index (χ0n) is 15.8. The SMILES string of the molecule is CNC(=O)c1ccc(/C=C/C(=O)NCCCN2CC(C)OC(C)C2)cc1. The molecular formula is C20H29N3O3. The molecule has 1 aromatic rings. The van der Waals surface area contributed by atoms with E-state index in [1.807, 2.05) is 12.1 Å². The summed E-state index contributed by atoms with van der Waals surface area (Å²) >= 11 is 0. The van der Waals surface area contributed by atoms with Gasteiger partial charge in [-0.3, -0.25) is 14.5 Å². The minimum Gasteiger partial charge on any atom is -0.373 e. The van der Waals surface area contributed by atoms with Crippen LogP contribution in [0.4, 0.5) is 0 Å². The monoisotopic (exact) mass is 359 g/mol. The first-order valence-corrected chi connectivity index (χ1v) is 9.14. The first-order chi connectivity index (χ1) is 12.5. The van der Waals surface area contributed by atoms with Crippen LogP contribution in [0.2, 0.25) is 0 Å². The van der Waals surface area contributed by atoms with Crippen molar-refractivity contribution in [2.45, 2.75) is 32.5 Å². The van der Waals surface area contributed by atoms with Crippen molar-refractivity contribution in [1.29, 1.82) is 0 Å². The maximum Gasteiger partial charge on any atom is 0.251 e. The number of ether oxygens (including phenoxy) is 1. The van der Waals surface area contributed by atoms with E-state index in [1.54, 1.807) is 25.3 Å². The van der Waals surface area contributed by atoms with Gasteiger partial charge in [-0.1, -0.05) is 12.1 Å². The number of carbonyl (C=O) groups excluding carboxylic acids is 2. The normalized spacial score (nSPS) is 20.9. The number of hydrogen-bond donors (Lipinski definition) is 2. The van der Waals surface area contributed by atoms with Gasteiger partial charge in [0.2, 0.25) is 5.91 Å². The van der Waals surface area contributed by atoms with E-state index in [0.29, 0.717) is 12.1 Å². The van der Waals surface area contributed by atoms with Crippen molar-refractivity contribution in [2.75, 3.05) is 33.2 Å². The molecule has 6 heteroatoms. The molecular weight excluding hydrogens is 330 g/mol. The van der Waals surface area contributed by atoms with Gasteiger partial charge in [-0.2, -0.15) is 0 Å². The minimum absolute atomic E-state index is 0.107. The quantitative estimate of drug-likeness (QED) is 0.574. The Morgan fingerprint density at radius 1 is 1.19 bits per heavy atom. The number of nitrogens with zero attached hydrogens (tertiary/aromatic N) is 1. The Morgan fingerprint density at radius 3 is 2.46 bits per heavy atom. The smallest absolute Gasteiger partial charge is 0.251 e. The van der Waals surface area contributed by atoms with E-state index >= 15 is 0 Å². The molecule has 2 N–H and O–H groups in total. The van der Waals surface area contributed by atoms with Crippen LogP contribution >= 0.6 is 0 Å². The van der Waals surface area contributed by atoms with Crippen LogP contribution in [0, 0.1) is 0 Å². The largest absolute Gasteiger partial charge is 0.373 e. The Labute approximate surface area is 155 Å². The third kappa shape index (κ3) is 6.61. The highest BCUT2D eigenvalue weighted by molar-refractivity contribution is 5.94. The number of nitrogens with one attached hydrogen (secondary N) is 2. The van der Waals surface area contributed by atoms with E-state index in [2.05, 4.69) is 29.4 Å². The molecule has 2 atom stereocenters. The predicted molar refractivity (Wildman–Crippen MR) is 103 cm³/mol. The highest BCUT2D eigenvalue weighted by Crippen LogP contribution is 2.10. The Bertz CT molecular complexity index is 618. The van der Waals surface area contributed by atoms with Crippen molar-refractivity contribution in [2.24, 2.45) is 0 Å². The lowest BCUT2D eigenvalue weighted by molar-refractivity contribution is -0.116. The highest BCUT2D eigenvalue weighted by atomic mass is 16.5. The fourth-order valence-electron chi connectivity index (χ4n) is 3.10. The van der Waals surface area contributed by atoms with Crippen molar-refractivity contribution in [1.82, 2.24) is 15.5 Å². The van der Waals surface area contributed by atoms with Crippen LogP contribution in [0.5, 0.6) is 0 Å². The van der Waals surface area contributed by atoms with E-state index in [-0.39, 0.29) is 24.0 Å². The lowest BCUT2D eigenvalue weighted by Crippen LogP contribution is -2.46. The summed E-state index contributed by atoms with van der Waals surface area (Å²) in [6.07, 6.45) is 4.72. The molecule has 6 nitrogen and oxygen atoms in total. The third-order valence-electron chi connectivity index (χ3n) is 4.27. The van der Waals surface area contributed by atoms with Crippen molar-refractivity contribution in [3.63, 3.8) is 0 Å². The molecule has 0 bridgehead atoms. The van der Waals surface area contributed by atoms with E-state index in [9.17, 15) is 9.59 Å². The van der Waals surface area contributed by atoms with Gasteiger partial charge in [0.25, 0.3) is 5.91 Å². The molecule has 0 aliphatic carbocycles. The standard InChI is InChI=1S/C20H29N3O3/c1-15-13-23(14-16(2)26-15)12-4-11-22-19(24)10-7-17-5-8-18(9-6-17)20(25)21-3/h5-10,15-16H,4,11-14H2,1-3H3,(H,21,25)(H,22,24)/b10-7+. The summed E-state index contributed by atoms with van der Waals surface area (Å²) in [7, 11) is 1.60. The molecule has 2 rings (SSSR count). The summed E-state index contributed by atoms with van der Waals surface area (Å²) in [5.74, 6) is -0.230. The molecule has 1 saturated heterocycles. The molecule has 1 aliphatic heterocycles. The molecule has 2 unspecified atom stereocenters. The zero-order chi connectivity index (χ0) is 18.9. The number of benzene rings is 1. The Balaban J connectivity index is 1.68. The summed E-state index contributed by atoms with van der Waals surface area (Å²) in [6, 6.07) is 7.10. The van der Waals surface area contributed by atoms with Gasteiger partial charge in [-0.05, 0) is 44.0 Å². The molecule has 1 fully saturated rings. The fourth-order valence-corrected chi connectivity index (χ4v) is 3.10. The second-order valence-corrected chi connectivity index (χ2v) is 6.70. The third-order valence-corrected chi connectivity index (χ3v) is 4.27. The van der Waals surface area contributed by atoms with E-state index < -0.39 is 0 Å². The van der Waals surface area contributed by atoms with Gasteiger partial charge in [0.05, 0.1) is 12.2 Å². The maximum atomic E-state index is 11.9. The number of carbonyl (C=O) groups is 2. The Kier molecular flexibility index (Phi) is 7.81. The minimum atomic E-state index is -0.123. The van der Waals surface area contributed by atoms with Crippen LogP contribution in [-0.2, 0) is 9.53 Å². The molecule has 1 aromatic carbocycles. The average molecular weight is 359 g/mol. The molecule has 0 radical (unpaired) electrons. The summed E-state index contributed by atoms with van der Waals surface area (Å²) in [5.41, 5.74) is 1.48. The molecule has 26 heavy (non-hydrogen) atoms. The van der Waals surface area contributed by atoms with Gasteiger partial charge < -0.3 is 15.4 Å². The lowest BCUT2D eigenvalue weighted by atomic mass is 10.1. The Morgan fingerprint density at radius 2 is 1.85 bits per heavy atom. The molecule has 0 spiro atoms. The summed E-state index contributed by atoms with van der Waals surface area (Å²) in [6.45, 7) is 7.70. The lowest BCUT2D eigenvalue weighted by Gasteiger charge is -2.35. The van der Waals surface area contributed by atoms with E-state index in [0.717, 1.165) is 31.6 Å². The van der Waals surface area contributed by atoms with Crippen molar-refractivity contribution in [3.05, 3.63) is 41.5 Å². The van der Waals surface area contributed by atoms with Crippen molar-refractivity contribution in [3.8, 4) is 0 Å². The van der Waals surface area contributed by atoms with Crippen LogP contribution in [0.1, 0.15) is 36.2 Å². The molecule has 1 aliphatic rings. The zero-order valence-corrected chi connectivity index (χ0v) is 15.8. The van der Waals surface area contributed by atoms with Gasteiger partial charge in [0.15, 0.2) is 0 Å². The summed E-state index contributed by atoms with van der Waals surface area (Å²) in [5, 5.41) is 5.48. The number of morpholine rings is 1. The van der Waals surface area contributed by atoms with Gasteiger partial charge in [-0.15, -0.1) is 0 Å². The van der Waals surface area contributed by atoms with Crippen molar-refractivity contribution < 1.29 is 14.3 Å². The average Bonchev–Trinajstić information content (AvgIpc) is 2.62. The highest BCUT2D eigenvalue weighted by Gasteiger charge is 2.21.